The zero-order valence-corrected chi connectivity index (χ0v) is 56.0. The lowest BCUT2D eigenvalue weighted by molar-refractivity contribution is 0.271. The second-order valence-electron chi connectivity index (χ2n) is 21.6. The lowest BCUT2D eigenvalue weighted by Gasteiger charge is -2.03. The molecule has 0 amide bonds. The maximum atomic E-state index is 9.62. The molecule has 4 N–H and O–H groups in total. The third kappa shape index (κ3) is 24.1. The van der Waals surface area contributed by atoms with E-state index in [4.69, 9.17) is 0 Å². The van der Waals surface area contributed by atoms with Crippen LogP contribution in [0.4, 0.5) is 4.79 Å². The van der Waals surface area contributed by atoms with Crippen molar-refractivity contribution in [1.29, 1.82) is 0 Å². The van der Waals surface area contributed by atoms with Crippen LogP contribution in [0.15, 0.2) is 413 Å². The van der Waals surface area contributed by atoms with Gasteiger partial charge in [0.25, 0.3) is 4.45 Å². The zero-order valence-electron chi connectivity index (χ0n) is 54.4. The standard InChI is InChI=1S/4C12H10.4C10H8O.CH2O5S2/c4*1-3-7-11(8-4-1)12-9-5-2-6-10-12;4*11-10-7-3-5-8-4-1-2-6-9(8)10;2-1(7(3)4)8(5)6/h4*1-10H;4*1-7,11H;(H,3,4)(H,5,6)/p-2. The second kappa shape index (κ2) is 40.9. The van der Waals surface area contributed by atoms with Gasteiger partial charge in [-0.1, -0.05) is 388 Å². The van der Waals surface area contributed by atoms with Gasteiger partial charge in [0.05, 0.1) is 0 Å². The van der Waals surface area contributed by atoms with E-state index in [1.807, 2.05) is 194 Å². The lowest BCUT2D eigenvalue weighted by Crippen LogP contribution is -2.09. The van der Waals surface area contributed by atoms with Gasteiger partial charge in [-0.3, -0.25) is 13.2 Å². The Morgan fingerprint density at radius 1 is 0.190 bits per heavy atom. The van der Waals surface area contributed by atoms with Gasteiger partial charge in [0, 0.05) is 43.7 Å². The fourth-order valence-electron chi connectivity index (χ4n) is 9.93. The van der Waals surface area contributed by atoms with Crippen molar-refractivity contribution >= 4 is 69.7 Å². The Labute approximate surface area is 588 Å². The van der Waals surface area contributed by atoms with Crippen LogP contribution in [0.3, 0.4) is 0 Å². The molecular formula is C89H72O9S2-2. The molecule has 11 heteroatoms. The van der Waals surface area contributed by atoms with Crippen LogP contribution in [0.25, 0.3) is 87.6 Å². The van der Waals surface area contributed by atoms with E-state index in [2.05, 4.69) is 194 Å². The lowest BCUT2D eigenvalue weighted by atomic mass is 10.1. The van der Waals surface area contributed by atoms with Crippen molar-refractivity contribution in [3.05, 3.63) is 413 Å². The molecule has 16 rings (SSSR count). The van der Waals surface area contributed by atoms with Gasteiger partial charge in [0.2, 0.25) is 0 Å². The van der Waals surface area contributed by atoms with Crippen molar-refractivity contribution in [2.24, 2.45) is 0 Å². The summed E-state index contributed by atoms with van der Waals surface area (Å²) in [6, 6.07) is 136. The van der Waals surface area contributed by atoms with Crippen molar-refractivity contribution in [2.45, 2.75) is 0 Å². The highest BCUT2D eigenvalue weighted by atomic mass is 32.3. The SMILES string of the molecule is O=C(S(=O)[O-])S(=O)[O-].Oc1cccc2ccccc12.Oc1cccc2ccccc12.Oc1cccc2ccccc12.Oc1cccc2ccccc12.c1ccc(-c2ccccc2)cc1.c1ccc(-c2ccccc2)cc1.c1ccc(-c2ccccc2)cc1.c1ccc(-c2ccccc2)cc1. The molecule has 0 heterocycles. The Kier molecular flexibility index (Phi) is 30.1. The Morgan fingerprint density at radius 2 is 0.320 bits per heavy atom. The number of carbonyl (C=O) groups excluding carboxylic acids is 1. The first-order valence-corrected chi connectivity index (χ1v) is 33.9. The minimum absolute atomic E-state index is 0.350. The summed E-state index contributed by atoms with van der Waals surface area (Å²) in [4.78, 5) is 9.62. The van der Waals surface area contributed by atoms with Gasteiger partial charge in [0.15, 0.2) is 0 Å². The molecule has 9 nitrogen and oxygen atoms in total. The molecule has 0 radical (unpaired) electrons. The van der Waals surface area contributed by atoms with E-state index in [0.29, 0.717) is 23.0 Å². The molecule has 0 saturated carbocycles. The van der Waals surface area contributed by atoms with Gasteiger partial charge in [-0.2, -0.15) is 0 Å². The Bertz CT molecular complexity index is 4260. The minimum Gasteiger partial charge on any atom is -0.766 e. The van der Waals surface area contributed by atoms with Gasteiger partial charge in [-0.05, 0) is 90.3 Å². The number of fused-ring (bicyclic) bond motifs is 4. The van der Waals surface area contributed by atoms with Gasteiger partial charge < -0.3 is 29.5 Å². The van der Waals surface area contributed by atoms with Gasteiger partial charge in [-0.15, -0.1) is 0 Å². The first-order chi connectivity index (χ1) is 48.9. The summed E-state index contributed by atoms with van der Waals surface area (Å²) in [7, 11) is 0. The van der Waals surface area contributed by atoms with E-state index in [0.717, 1.165) is 43.1 Å². The number of hydrogen-bond donors (Lipinski definition) is 4. The van der Waals surface area contributed by atoms with Crippen molar-refractivity contribution in [3.8, 4) is 67.5 Å². The molecule has 0 spiro atoms. The summed E-state index contributed by atoms with van der Waals surface area (Å²) in [6.07, 6.45) is 0. The number of hydrogen-bond acceptors (Lipinski definition) is 9. The highest BCUT2D eigenvalue weighted by Crippen LogP contribution is 2.27. The van der Waals surface area contributed by atoms with Gasteiger partial charge in [-0.25, -0.2) is 0 Å². The van der Waals surface area contributed by atoms with E-state index in [1.165, 1.54) is 44.5 Å². The Hall–Kier alpha value is -12.4. The first-order valence-electron chi connectivity index (χ1n) is 31.7. The molecule has 0 fully saturated rings. The fraction of sp³-hybridized carbons (Fsp3) is 0. The van der Waals surface area contributed by atoms with Crippen LogP contribution in [-0.4, -0.2) is 42.4 Å². The number of rotatable bonds is 4. The molecule has 0 bridgehead atoms. The highest BCUT2D eigenvalue weighted by molar-refractivity contribution is 8.21. The predicted molar refractivity (Wildman–Crippen MR) is 413 cm³/mol. The first kappa shape index (κ1) is 73.5. The van der Waals surface area contributed by atoms with Crippen LogP contribution < -0.4 is 0 Å². The zero-order chi connectivity index (χ0) is 70.4. The largest absolute Gasteiger partial charge is 0.766 e. The smallest absolute Gasteiger partial charge is 0.279 e. The Balaban J connectivity index is 0.000000143. The summed E-state index contributed by atoms with van der Waals surface area (Å²) in [5.41, 5.74) is 10.2. The molecule has 16 aromatic rings. The molecule has 2 unspecified atom stereocenters. The summed E-state index contributed by atoms with van der Waals surface area (Å²) >= 11 is -6.28. The van der Waals surface area contributed by atoms with E-state index < -0.39 is 26.6 Å². The summed E-state index contributed by atoms with van der Waals surface area (Å²) in [6.45, 7) is 0. The maximum absolute atomic E-state index is 9.62. The van der Waals surface area contributed by atoms with Crippen molar-refractivity contribution in [3.63, 3.8) is 0 Å². The third-order valence-electron chi connectivity index (χ3n) is 14.9. The average Bonchev–Trinajstić information content (AvgIpc) is 0.889. The quantitative estimate of drug-likeness (QED) is 0.125. The number of phenolic OH excluding ortho intramolecular Hbond substituents is 4. The molecule has 0 aromatic heterocycles. The monoisotopic (exact) mass is 1350 g/mol. The maximum Gasteiger partial charge on any atom is 0.279 e. The molecule has 0 aliphatic heterocycles. The summed E-state index contributed by atoms with van der Waals surface area (Å²) in [5, 5.41) is 45.4. The van der Waals surface area contributed by atoms with Crippen LogP contribution in [0.2, 0.25) is 0 Å². The molecule has 0 aliphatic carbocycles. The van der Waals surface area contributed by atoms with Crippen molar-refractivity contribution in [2.75, 3.05) is 0 Å². The number of benzene rings is 16. The van der Waals surface area contributed by atoms with E-state index in [9.17, 15) is 42.7 Å². The topological polar surface area (TPSA) is 178 Å². The van der Waals surface area contributed by atoms with E-state index in [-0.39, 0.29) is 0 Å². The number of aromatic hydroxyl groups is 4. The fourth-order valence-corrected chi connectivity index (χ4v) is 10.4. The normalized spacial score (nSPS) is 10.5. The highest BCUT2D eigenvalue weighted by Gasteiger charge is 2.01. The molecule has 496 valence electrons. The van der Waals surface area contributed by atoms with Crippen molar-refractivity contribution in [1.82, 2.24) is 0 Å². The second-order valence-corrected chi connectivity index (χ2v) is 23.6. The number of carbonyl (C=O) groups is 1. The summed E-state index contributed by atoms with van der Waals surface area (Å²) < 4.78 is 35.8. The van der Waals surface area contributed by atoms with Crippen molar-refractivity contribution < 1.29 is 42.7 Å². The van der Waals surface area contributed by atoms with Gasteiger partial charge >= 0.3 is 0 Å². The molecule has 16 aromatic carbocycles. The van der Waals surface area contributed by atoms with E-state index in [1.54, 1.807) is 24.3 Å². The average molecular weight is 1350 g/mol. The van der Waals surface area contributed by atoms with E-state index >= 15 is 0 Å². The van der Waals surface area contributed by atoms with Crippen LogP contribution in [0.5, 0.6) is 23.0 Å². The number of phenols is 4. The van der Waals surface area contributed by atoms with Crippen LogP contribution in [-0.2, 0) is 22.2 Å². The molecule has 0 saturated heterocycles. The van der Waals surface area contributed by atoms with Crippen LogP contribution in [0.1, 0.15) is 0 Å². The molecule has 100 heavy (non-hydrogen) atoms. The molecular weight excluding hydrogens is 1280 g/mol. The van der Waals surface area contributed by atoms with Crippen LogP contribution in [0, 0.1) is 0 Å². The van der Waals surface area contributed by atoms with Gasteiger partial charge in [0.1, 0.15) is 23.0 Å². The predicted octanol–water partition coefficient (Wildman–Crippen LogP) is 22.5. The minimum atomic E-state index is -3.14. The Morgan fingerprint density at radius 3 is 0.450 bits per heavy atom. The third-order valence-corrected chi connectivity index (χ3v) is 16.2. The summed E-state index contributed by atoms with van der Waals surface area (Å²) in [5.74, 6) is 1.40. The molecule has 2 atom stereocenters. The molecule has 0 aliphatic rings. The van der Waals surface area contributed by atoms with Crippen LogP contribution >= 0.6 is 0 Å².